The first-order chi connectivity index (χ1) is 14.7. The highest BCUT2D eigenvalue weighted by Crippen LogP contribution is 2.26. The maximum atomic E-state index is 14.4. The van der Waals surface area contributed by atoms with Crippen LogP contribution in [0.15, 0.2) is 60.7 Å². The van der Waals surface area contributed by atoms with Crippen molar-refractivity contribution in [3.63, 3.8) is 0 Å². The van der Waals surface area contributed by atoms with E-state index in [1.807, 2.05) is 20.8 Å². The van der Waals surface area contributed by atoms with Crippen molar-refractivity contribution in [1.29, 1.82) is 0 Å². The molecular formula is C24H22F2N4O. The molecule has 7 heteroatoms. The smallest absolute Gasteiger partial charge is 0.270 e. The normalized spacial score (nSPS) is 11.6. The van der Waals surface area contributed by atoms with Crippen molar-refractivity contribution < 1.29 is 13.6 Å². The molecule has 0 unspecified atom stereocenters. The lowest BCUT2D eigenvalue weighted by molar-refractivity contribution is 0.0943. The highest BCUT2D eigenvalue weighted by atomic mass is 19.1. The van der Waals surface area contributed by atoms with E-state index in [1.165, 1.54) is 28.8 Å². The molecule has 158 valence electrons. The van der Waals surface area contributed by atoms with Gasteiger partial charge in [0.15, 0.2) is 5.65 Å². The van der Waals surface area contributed by atoms with E-state index in [-0.39, 0.29) is 23.5 Å². The third kappa shape index (κ3) is 4.30. The molecule has 1 N–H and O–H groups in total. The van der Waals surface area contributed by atoms with Crippen molar-refractivity contribution >= 4 is 11.6 Å². The molecule has 0 aliphatic heterocycles. The summed E-state index contributed by atoms with van der Waals surface area (Å²) >= 11 is 0. The molecule has 4 rings (SSSR count). The van der Waals surface area contributed by atoms with Gasteiger partial charge in [-0.2, -0.15) is 5.10 Å². The number of halogens is 2. The highest BCUT2D eigenvalue weighted by molar-refractivity contribution is 5.94. The molecule has 2 aromatic heterocycles. The summed E-state index contributed by atoms with van der Waals surface area (Å²) in [6, 6.07) is 15.5. The van der Waals surface area contributed by atoms with Crippen LogP contribution in [0.25, 0.3) is 16.9 Å². The summed E-state index contributed by atoms with van der Waals surface area (Å²) in [7, 11) is 0. The van der Waals surface area contributed by atoms with Gasteiger partial charge in [0.05, 0.1) is 11.4 Å². The zero-order valence-corrected chi connectivity index (χ0v) is 17.5. The van der Waals surface area contributed by atoms with Crippen molar-refractivity contribution in [2.45, 2.75) is 32.7 Å². The van der Waals surface area contributed by atoms with Crippen LogP contribution in [0.2, 0.25) is 0 Å². The van der Waals surface area contributed by atoms with Gasteiger partial charge in [-0.05, 0) is 35.9 Å². The number of rotatable bonds is 4. The van der Waals surface area contributed by atoms with E-state index in [0.717, 1.165) is 11.3 Å². The third-order valence-electron chi connectivity index (χ3n) is 4.94. The van der Waals surface area contributed by atoms with Gasteiger partial charge in [0, 0.05) is 23.6 Å². The fourth-order valence-corrected chi connectivity index (χ4v) is 3.18. The number of benzene rings is 2. The number of hydrogen-bond acceptors (Lipinski definition) is 3. The second-order valence-corrected chi connectivity index (χ2v) is 8.37. The molecule has 0 bridgehead atoms. The number of carbonyl (C=O) groups is 1. The Balaban J connectivity index is 1.77. The number of nitrogens with zero attached hydrogens (tertiary/aromatic N) is 3. The minimum absolute atomic E-state index is 0.214. The SMILES string of the molecule is CC(C)(C)c1cc2nc(-c3ccccc3F)cc(C(=O)NCc3ccc(F)cc3)n2n1. The van der Waals surface area contributed by atoms with Gasteiger partial charge in [-0.3, -0.25) is 4.79 Å². The largest absolute Gasteiger partial charge is 0.347 e. The minimum atomic E-state index is -0.424. The summed E-state index contributed by atoms with van der Waals surface area (Å²) < 4.78 is 29.0. The Hall–Kier alpha value is -3.61. The summed E-state index contributed by atoms with van der Waals surface area (Å²) in [5.41, 5.74) is 2.60. The molecule has 5 nitrogen and oxygen atoms in total. The van der Waals surface area contributed by atoms with Crippen molar-refractivity contribution in [3.8, 4) is 11.3 Å². The average molecular weight is 420 g/mol. The van der Waals surface area contributed by atoms with Crippen LogP contribution >= 0.6 is 0 Å². The molecule has 2 heterocycles. The Bertz CT molecular complexity index is 1260. The van der Waals surface area contributed by atoms with E-state index in [4.69, 9.17) is 0 Å². The summed E-state index contributed by atoms with van der Waals surface area (Å²) in [6.07, 6.45) is 0. The third-order valence-corrected chi connectivity index (χ3v) is 4.94. The van der Waals surface area contributed by atoms with Crippen molar-refractivity contribution in [2.75, 3.05) is 0 Å². The first-order valence-corrected chi connectivity index (χ1v) is 9.91. The van der Waals surface area contributed by atoms with Crippen LogP contribution < -0.4 is 5.32 Å². The molecule has 31 heavy (non-hydrogen) atoms. The Kier molecular flexibility index (Phi) is 5.27. The maximum Gasteiger partial charge on any atom is 0.270 e. The number of hydrogen-bond donors (Lipinski definition) is 1. The van der Waals surface area contributed by atoms with Gasteiger partial charge in [0.2, 0.25) is 0 Å². The molecular weight excluding hydrogens is 398 g/mol. The van der Waals surface area contributed by atoms with E-state index >= 15 is 0 Å². The second kappa shape index (κ2) is 7.91. The van der Waals surface area contributed by atoms with E-state index < -0.39 is 11.7 Å². The van der Waals surface area contributed by atoms with Gasteiger partial charge in [-0.25, -0.2) is 18.3 Å². The number of carbonyl (C=O) groups excluding carboxylic acids is 1. The van der Waals surface area contributed by atoms with Crippen LogP contribution in [0.5, 0.6) is 0 Å². The molecule has 0 atom stereocenters. The van der Waals surface area contributed by atoms with Gasteiger partial charge in [-0.1, -0.05) is 45.0 Å². The van der Waals surface area contributed by atoms with Gasteiger partial charge in [0.25, 0.3) is 5.91 Å². The van der Waals surface area contributed by atoms with Crippen LogP contribution in [0.4, 0.5) is 8.78 Å². The minimum Gasteiger partial charge on any atom is -0.347 e. The zero-order chi connectivity index (χ0) is 22.2. The maximum absolute atomic E-state index is 14.4. The number of aromatic nitrogens is 3. The molecule has 0 radical (unpaired) electrons. The van der Waals surface area contributed by atoms with Gasteiger partial charge < -0.3 is 5.32 Å². The Morgan fingerprint density at radius 3 is 2.42 bits per heavy atom. The fourth-order valence-electron chi connectivity index (χ4n) is 3.18. The van der Waals surface area contributed by atoms with E-state index in [2.05, 4.69) is 15.4 Å². The number of fused-ring (bicyclic) bond motifs is 1. The molecule has 0 spiro atoms. The molecule has 0 saturated heterocycles. The van der Waals surface area contributed by atoms with Crippen molar-refractivity contribution in [1.82, 2.24) is 19.9 Å². The predicted octanol–water partition coefficient (Wildman–Crippen LogP) is 4.90. The van der Waals surface area contributed by atoms with Crippen LogP contribution in [0, 0.1) is 11.6 Å². The molecule has 0 fully saturated rings. The van der Waals surface area contributed by atoms with Crippen LogP contribution in [0.3, 0.4) is 0 Å². The summed E-state index contributed by atoms with van der Waals surface area (Å²) in [5.74, 6) is -1.16. The van der Waals surface area contributed by atoms with E-state index in [0.29, 0.717) is 16.9 Å². The second-order valence-electron chi connectivity index (χ2n) is 8.37. The Morgan fingerprint density at radius 2 is 1.74 bits per heavy atom. The lowest BCUT2D eigenvalue weighted by Gasteiger charge is -2.13. The molecule has 1 amide bonds. The molecule has 4 aromatic rings. The van der Waals surface area contributed by atoms with Crippen LogP contribution in [-0.4, -0.2) is 20.5 Å². The van der Waals surface area contributed by atoms with Gasteiger partial charge in [0.1, 0.15) is 17.3 Å². The zero-order valence-electron chi connectivity index (χ0n) is 17.5. The number of amides is 1. The molecule has 2 aromatic carbocycles. The number of nitrogens with one attached hydrogen (secondary N) is 1. The first kappa shape index (κ1) is 20.7. The lowest BCUT2D eigenvalue weighted by Crippen LogP contribution is -2.26. The van der Waals surface area contributed by atoms with E-state index in [1.54, 1.807) is 36.4 Å². The van der Waals surface area contributed by atoms with Crippen molar-refractivity contribution in [2.24, 2.45) is 0 Å². The van der Waals surface area contributed by atoms with Gasteiger partial charge >= 0.3 is 0 Å². The van der Waals surface area contributed by atoms with Crippen LogP contribution in [0.1, 0.15) is 42.5 Å². The molecule has 0 aliphatic rings. The Labute approximate surface area is 178 Å². The predicted molar refractivity (Wildman–Crippen MR) is 115 cm³/mol. The monoisotopic (exact) mass is 420 g/mol. The summed E-state index contributed by atoms with van der Waals surface area (Å²) in [5, 5.41) is 7.40. The van der Waals surface area contributed by atoms with Crippen LogP contribution in [-0.2, 0) is 12.0 Å². The van der Waals surface area contributed by atoms with Gasteiger partial charge in [-0.15, -0.1) is 0 Å². The standard InChI is InChI=1S/C24H22F2N4O/c1-24(2,3)21-13-22-28-19(17-6-4-5-7-18(17)26)12-20(30(22)29-21)23(31)27-14-15-8-10-16(25)11-9-15/h4-13H,14H2,1-3H3,(H,27,31). The van der Waals surface area contributed by atoms with Crippen molar-refractivity contribution in [3.05, 3.63) is 89.2 Å². The summed E-state index contributed by atoms with van der Waals surface area (Å²) in [4.78, 5) is 17.6. The lowest BCUT2D eigenvalue weighted by atomic mass is 9.93. The molecule has 0 aliphatic carbocycles. The highest BCUT2D eigenvalue weighted by Gasteiger charge is 2.22. The topological polar surface area (TPSA) is 59.3 Å². The average Bonchev–Trinajstić information content (AvgIpc) is 3.17. The van der Waals surface area contributed by atoms with E-state index in [9.17, 15) is 13.6 Å². The summed E-state index contributed by atoms with van der Waals surface area (Å²) in [6.45, 7) is 6.26. The fraction of sp³-hybridized carbons (Fsp3) is 0.208. The Morgan fingerprint density at radius 1 is 1.03 bits per heavy atom. The molecule has 0 saturated carbocycles. The quantitative estimate of drug-likeness (QED) is 0.511. The first-order valence-electron chi connectivity index (χ1n) is 9.91.